The third-order valence-electron chi connectivity index (χ3n) is 2.02. The highest BCUT2D eigenvalue weighted by atomic mass is 16.5. The molecule has 15 heavy (non-hydrogen) atoms. The summed E-state index contributed by atoms with van der Waals surface area (Å²) in [5, 5.41) is 14.8. The normalized spacial score (nSPS) is 14.7. The van der Waals surface area contributed by atoms with Crippen molar-refractivity contribution in [1.82, 2.24) is 10.6 Å². The molecular weight excluding hydrogens is 196 g/mol. The molecule has 0 aliphatic rings. The second-order valence-corrected chi connectivity index (χ2v) is 3.51. The van der Waals surface area contributed by atoms with Crippen molar-refractivity contribution in [2.75, 3.05) is 26.9 Å². The van der Waals surface area contributed by atoms with Gasteiger partial charge in [-0.3, -0.25) is 10.1 Å². The van der Waals surface area contributed by atoms with Gasteiger partial charge in [-0.25, -0.2) is 0 Å². The third-order valence-corrected chi connectivity index (χ3v) is 2.02. The minimum Gasteiger partial charge on any atom is -0.395 e. The van der Waals surface area contributed by atoms with E-state index in [0.717, 1.165) is 6.42 Å². The lowest BCUT2D eigenvalue weighted by Gasteiger charge is -2.20. The standard InChI is InChI=1S/C10H22N2O3/c1-4-5-11-10(14)8(2)12-9(6-13)7-15-3/h8-9,12-13H,4-7H2,1-3H3,(H,11,14). The second-order valence-electron chi connectivity index (χ2n) is 3.51. The Balaban J connectivity index is 3.86. The maximum atomic E-state index is 11.5. The Labute approximate surface area is 91.2 Å². The lowest BCUT2D eigenvalue weighted by molar-refractivity contribution is -0.123. The van der Waals surface area contributed by atoms with Crippen LogP contribution in [0.3, 0.4) is 0 Å². The summed E-state index contributed by atoms with van der Waals surface area (Å²) in [4.78, 5) is 11.5. The Morgan fingerprint density at radius 1 is 1.53 bits per heavy atom. The van der Waals surface area contributed by atoms with Gasteiger partial charge in [-0.15, -0.1) is 0 Å². The Kier molecular flexibility index (Phi) is 8.27. The van der Waals surface area contributed by atoms with Crippen LogP contribution in [0.1, 0.15) is 20.3 Å². The summed E-state index contributed by atoms with van der Waals surface area (Å²) in [5.41, 5.74) is 0. The number of nitrogens with one attached hydrogen (secondary N) is 2. The van der Waals surface area contributed by atoms with Crippen LogP contribution >= 0.6 is 0 Å². The fraction of sp³-hybridized carbons (Fsp3) is 0.900. The molecule has 0 aromatic carbocycles. The lowest BCUT2D eigenvalue weighted by Crippen LogP contribution is -2.49. The molecule has 0 fully saturated rings. The minimum absolute atomic E-state index is 0.0424. The number of aliphatic hydroxyl groups excluding tert-OH is 1. The number of methoxy groups -OCH3 is 1. The van der Waals surface area contributed by atoms with Crippen molar-refractivity contribution in [3.63, 3.8) is 0 Å². The zero-order valence-corrected chi connectivity index (χ0v) is 9.75. The van der Waals surface area contributed by atoms with Crippen molar-refractivity contribution in [2.45, 2.75) is 32.4 Å². The maximum absolute atomic E-state index is 11.5. The molecule has 1 amide bonds. The molecule has 0 saturated heterocycles. The van der Waals surface area contributed by atoms with Crippen molar-refractivity contribution in [2.24, 2.45) is 0 Å². The number of carbonyl (C=O) groups is 1. The fourth-order valence-electron chi connectivity index (χ4n) is 1.19. The highest BCUT2D eigenvalue weighted by molar-refractivity contribution is 5.81. The Hall–Kier alpha value is -0.650. The van der Waals surface area contributed by atoms with Crippen LogP contribution in [0, 0.1) is 0 Å². The molecule has 3 N–H and O–H groups in total. The van der Waals surface area contributed by atoms with E-state index in [-0.39, 0.29) is 24.6 Å². The molecule has 0 spiro atoms. The first-order valence-electron chi connectivity index (χ1n) is 5.29. The first kappa shape index (κ1) is 14.3. The van der Waals surface area contributed by atoms with Gasteiger partial charge in [-0.1, -0.05) is 6.92 Å². The van der Waals surface area contributed by atoms with E-state index in [1.165, 1.54) is 0 Å². The molecule has 5 heteroatoms. The van der Waals surface area contributed by atoms with Crippen LogP contribution in [0.5, 0.6) is 0 Å². The summed E-state index contributed by atoms with van der Waals surface area (Å²) in [6, 6.07) is -0.513. The molecular formula is C10H22N2O3. The number of aliphatic hydroxyl groups is 1. The average molecular weight is 218 g/mol. The van der Waals surface area contributed by atoms with Gasteiger partial charge in [0.25, 0.3) is 0 Å². The van der Waals surface area contributed by atoms with Gasteiger partial charge in [0, 0.05) is 13.7 Å². The fourth-order valence-corrected chi connectivity index (χ4v) is 1.19. The van der Waals surface area contributed by atoms with Crippen molar-refractivity contribution < 1.29 is 14.6 Å². The van der Waals surface area contributed by atoms with Gasteiger partial charge in [0.1, 0.15) is 0 Å². The van der Waals surface area contributed by atoms with E-state index < -0.39 is 0 Å². The van der Waals surface area contributed by atoms with Gasteiger partial charge in [0.05, 0.1) is 25.3 Å². The van der Waals surface area contributed by atoms with E-state index in [1.807, 2.05) is 6.92 Å². The smallest absolute Gasteiger partial charge is 0.236 e. The summed E-state index contributed by atoms with van der Waals surface area (Å²) in [6.45, 7) is 4.79. The molecule has 0 aromatic rings. The average Bonchev–Trinajstić information content (AvgIpc) is 2.24. The summed E-state index contributed by atoms with van der Waals surface area (Å²) in [7, 11) is 1.56. The largest absolute Gasteiger partial charge is 0.395 e. The first-order valence-corrected chi connectivity index (χ1v) is 5.29. The molecule has 0 aromatic heterocycles. The predicted molar refractivity (Wildman–Crippen MR) is 58.6 cm³/mol. The van der Waals surface area contributed by atoms with E-state index in [9.17, 15) is 4.79 Å². The highest BCUT2D eigenvalue weighted by Crippen LogP contribution is 1.89. The molecule has 0 aliphatic carbocycles. The number of carbonyl (C=O) groups excluding carboxylic acids is 1. The van der Waals surface area contributed by atoms with Crippen LogP contribution in [-0.4, -0.2) is 50.0 Å². The van der Waals surface area contributed by atoms with Crippen LogP contribution in [0.2, 0.25) is 0 Å². The van der Waals surface area contributed by atoms with Gasteiger partial charge >= 0.3 is 0 Å². The zero-order valence-electron chi connectivity index (χ0n) is 9.75. The SMILES string of the molecule is CCCNC(=O)C(C)NC(CO)COC. The Morgan fingerprint density at radius 3 is 2.67 bits per heavy atom. The van der Waals surface area contributed by atoms with Gasteiger partial charge in [0.2, 0.25) is 5.91 Å². The number of ether oxygens (including phenoxy) is 1. The summed E-state index contributed by atoms with van der Waals surface area (Å²) >= 11 is 0. The highest BCUT2D eigenvalue weighted by Gasteiger charge is 2.16. The van der Waals surface area contributed by atoms with Crippen LogP contribution in [-0.2, 0) is 9.53 Å². The van der Waals surface area contributed by atoms with Gasteiger partial charge in [-0.2, -0.15) is 0 Å². The molecule has 90 valence electrons. The molecule has 5 nitrogen and oxygen atoms in total. The van der Waals surface area contributed by atoms with E-state index in [2.05, 4.69) is 10.6 Å². The second kappa shape index (κ2) is 8.64. The van der Waals surface area contributed by atoms with E-state index in [4.69, 9.17) is 9.84 Å². The van der Waals surface area contributed by atoms with Crippen LogP contribution in [0.25, 0.3) is 0 Å². The monoisotopic (exact) mass is 218 g/mol. The Morgan fingerprint density at radius 2 is 2.20 bits per heavy atom. The van der Waals surface area contributed by atoms with E-state index in [0.29, 0.717) is 13.2 Å². The molecule has 0 heterocycles. The molecule has 0 rings (SSSR count). The molecule has 0 aliphatic heterocycles. The molecule has 2 unspecified atom stereocenters. The summed E-state index contributed by atoms with van der Waals surface area (Å²) in [6.07, 6.45) is 0.917. The van der Waals surface area contributed by atoms with Gasteiger partial charge in [0.15, 0.2) is 0 Å². The molecule has 0 radical (unpaired) electrons. The Bertz CT molecular complexity index is 176. The number of amides is 1. The zero-order chi connectivity index (χ0) is 11.7. The molecule has 0 saturated carbocycles. The van der Waals surface area contributed by atoms with Crippen LogP contribution in [0.4, 0.5) is 0 Å². The van der Waals surface area contributed by atoms with Crippen LogP contribution < -0.4 is 10.6 Å². The molecule has 0 bridgehead atoms. The van der Waals surface area contributed by atoms with E-state index in [1.54, 1.807) is 14.0 Å². The lowest BCUT2D eigenvalue weighted by atomic mass is 10.2. The van der Waals surface area contributed by atoms with Gasteiger partial charge < -0.3 is 15.2 Å². The summed E-state index contributed by atoms with van der Waals surface area (Å²) in [5.74, 6) is -0.0496. The van der Waals surface area contributed by atoms with Crippen molar-refractivity contribution >= 4 is 5.91 Å². The van der Waals surface area contributed by atoms with Crippen molar-refractivity contribution in [3.8, 4) is 0 Å². The first-order chi connectivity index (χ1) is 7.15. The van der Waals surface area contributed by atoms with Crippen molar-refractivity contribution in [1.29, 1.82) is 0 Å². The number of hydrogen-bond acceptors (Lipinski definition) is 4. The number of rotatable bonds is 8. The van der Waals surface area contributed by atoms with Gasteiger partial charge in [-0.05, 0) is 13.3 Å². The summed E-state index contributed by atoms with van der Waals surface area (Å²) < 4.78 is 4.90. The quantitative estimate of drug-likeness (QED) is 0.513. The third kappa shape index (κ3) is 6.43. The topological polar surface area (TPSA) is 70.6 Å². The number of hydrogen-bond donors (Lipinski definition) is 3. The van der Waals surface area contributed by atoms with Crippen molar-refractivity contribution in [3.05, 3.63) is 0 Å². The van der Waals surface area contributed by atoms with Crippen LogP contribution in [0.15, 0.2) is 0 Å². The predicted octanol–water partition coefficient (Wildman–Crippen LogP) is -0.502. The maximum Gasteiger partial charge on any atom is 0.236 e. The minimum atomic E-state index is -0.316. The molecule has 2 atom stereocenters. The van der Waals surface area contributed by atoms with E-state index >= 15 is 0 Å².